The van der Waals surface area contributed by atoms with Gasteiger partial charge in [-0.15, -0.1) is 0 Å². The molecule has 1 aromatic rings. The van der Waals surface area contributed by atoms with Crippen molar-refractivity contribution in [2.45, 2.75) is 31.7 Å². The van der Waals surface area contributed by atoms with Crippen LogP contribution in [-0.4, -0.2) is 12.6 Å². The van der Waals surface area contributed by atoms with Gasteiger partial charge in [0.2, 0.25) is 0 Å². The van der Waals surface area contributed by atoms with Crippen LogP contribution in [0.1, 0.15) is 24.8 Å². The minimum Gasteiger partial charge on any atom is -0.310 e. The van der Waals surface area contributed by atoms with Gasteiger partial charge in [0.15, 0.2) is 0 Å². The van der Waals surface area contributed by atoms with Crippen molar-refractivity contribution in [2.24, 2.45) is 0 Å². The largest absolute Gasteiger partial charge is 0.310 e. The zero-order valence-corrected chi connectivity index (χ0v) is 11.3. The summed E-state index contributed by atoms with van der Waals surface area (Å²) in [5.41, 5.74) is 1.16. The molecule has 17 heavy (non-hydrogen) atoms. The molecule has 0 saturated heterocycles. The normalized spacial score (nSPS) is 19.5. The van der Waals surface area contributed by atoms with Gasteiger partial charge >= 0.3 is 0 Å². The molecule has 0 amide bonds. The molecule has 0 aliphatic heterocycles. The summed E-state index contributed by atoms with van der Waals surface area (Å²) in [5, 5.41) is 4.99. The summed E-state index contributed by atoms with van der Waals surface area (Å²) in [6.07, 6.45) is 9.23. The van der Waals surface area contributed by atoms with E-state index in [1.165, 1.54) is 19.3 Å². The Bertz CT molecular complexity index is 401. The third-order valence-corrected chi connectivity index (χ3v) is 3.66. The lowest BCUT2D eigenvalue weighted by atomic mass is 10.0. The summed E-state index contributed by atoms with van der Waals surface area (Å²) in [7, 11) is 0. The Kier molecular flexibility index (Phi) is 4.90. The van der Waals surface area contributed by atoms with E-state index < -0.39 is 0 Å². The molecule has 2 rings (SSSR count). The van der Waals surface area contributed by atoms with Crippen molar-refractivity contribution < 1.29 is 0 Å². The lowest BCUT2D eigenvalue weighted by molar-refractivity contribution is 0.525. The molecule has 1 N–H and O–H groups in total. The van der Waals surface area contributed by atoms with E-state index in [2.05, 4.69) is 17.5 Å². The topological polar surface area (TPSA) is 12.0 Å². The van der Waals surface area contributed by atoms with Crippen molar-refractivity contribution in [2.75, 3.05) is 6.54 Å². The lowest BCUT2D eigenvalue weighted by Gasteiger charge is -2.18. The van der Waals surface area contributed by atoms with Gasteiger partial charge in [0.05, 0.1) is 0 Å². The van der Waals surface area contributed by atoms with Gasteiger partial charge in [-0.05, 0) is 49.9 Å². The van der Waals surface area contributed by atoms with Crippen LogP contribution < -0.4 is 5.32 Å². The van der Waals surface area contributed by atoms with Gasteiger partial charge < -0.3 is 5.32 Å². The van der Waals surface area contributed by atoms with Crippen molar-refractivity contribution in [1.29, 1.82) is 0 Å². The Morgan fingerprint density at radius 3 is 2.88 bits per heavy atom. The smallest absolute Gasteiger partial charge is 0.0453 e. The molecule has 0 fully saturated rings. The second-order valence-corrected chi connectivity index (χ2v) is 5.25. The molecule has 92 valence electrons. The highest BCUT2D eigenvalue weighted by atomic mass is 35.5. The first kappa shape index (κ1) is 12.9. The first-order valence-electron chi connectivity index (χ1n) is 6.09. The summed E-state index contributed by atoms with van der Waals surface area (Å²) in [6.45, 7) is 0.955. The molecule has 3 heteroatoms. The van der Waals surface area contributed by atoms with Crippen molar-refractivity contribution in [3.05, 3.63) is 46.0 Å². The predicted molar refractivity (Wildman–Crippen MR) is 74.9 cm³/mol. The molecule has 1 nitrogen and oxygen atoms in total. The van der Waals surface area contributed by atoms with Crippen LogP contribution in [0.15, 0.2) is 30.4 Å². The number of hydrogen-bond donors (Lipinski definition) is 1. The highest BCUT2D eigenvalue weighted by Crippen LogP contribution is 2.21. The number of nitrogens with one attached hydrogen (secondary N) is 1. The Morgan fingerprint density at radius 1 is 1.29 bits per heavy atom. The zero-order valence-electron chi connectivity index (χ0n) is 9.76. The van der Waals surface area contributed by atoms with Gasteiger partial charge in [0, 0.05) is 16.1 Å². The molecular weight excluding hydrogens is 253 g/mol. The third kappa shape index (κ3) is 4.02. The average Bonchev–Trinajstić information content (AvgIpc) is 2.33. The monoisotopic (exact) mass is 269 g/mol. The predicted octanol–water partition coefficient (Wildman–Crippen LogP) is 4.23. The van der Waals surface area contributed by atoms with E-state index in [1.54, 1.807) is 6.07 Å². The van der Waals surface area contributed by atoms with Crippen LogP contribution in [0, 0.1) is 0 Å². The van der Waals surface area contributed by atoms with Crippen LogP contribution in [0.4, 0.5) is 0 Å². The second-order valence-electron chi connectivity index (χ2n) is 4.41. The second kappa shape index (κ2) is 6.44. The molecule has 1 aromatic carbocycles. The molecule has 1 aliphatic rings. The van der Waals surface area contributed by atoms with Gasteiger partial charge in [0.25, 0.3) is 0 Å². The third-order valence-electron chi connectivity index (χ3n) is 3.07. The fraction of sp³-hybridized carbons (Fsp3) is 0.429. The van der Waals surface area contributed by atoms with E-state index in [0.29, 0.717) is 11.1 Å². The Balaban J connectivity index is 1.81. The molecule has 0 aromatic heterocycles. The van der Waals surface area contributed by atoms with E-state index in [9.17, 15) is 0 Å². The molecule has 0 spiro atoms. The number of rotatable bonds is 4. The molecule has 1 aliphatic carbocycles. The van der Waals surface area contributed by atoms with Gasteiger partial charge in [0.1, 0.15) is 0 Å². The number of hydrogen-bond acceptors (Lipinski definition) is 1. The van der Waals surface area contributed by atoms with Crippen molar-refractivity contribution in [3.63, 3.8) is 0 Å². The molecular formula is C14H17Cl2N. The van der Waals surface area contributed by atoms with E-state index in [-0.39, 0.29) is 0 Å². The molecule has 1 unspecified atom stereocenters. The van der Waals surface area contributed by atoms with E-state index in [1.807, 2.05) is 12.1 Å². The van der Waals surface area contributed by atoms with Crippen molar-refractivity contribution >= 4 is 23.2 Å². The van der Waals surface area contributed by atoms with Crippen LogP contribution >= 0.6 is 23.2 Å². The Hall–Kier alpha value is -0.500. The van der Waals surface area contributed by atoms with E-state index in [4.69, 9.17) is 23.2 Å². The molecule has 0 heterocycles. The van der Waals surface area contributed by atoms with Crippen LogP contribution in [0.3, 0.4) is 0 Å². The summed E-state index contributed by atoms with van der Waals surface area (Å²) in [4.78, 5) is 0. The Labute approximate surface area is 113 Å². The fourth-order valence-electron chi connectivity index (χ4n) is 2.10. The van der Waals surface area contributed by atoms with Crippen molar-refractivity contribution in [1.82, 2.24) is 5.32 Å². The van der Waals surface area contributed by atoms with E-state index in [0.717, 1.165) is 23.6 Å². The maximum atomic E-state index is 6.12. The number of allylic oxidation sites excluding steroid dienone is 1. The number of benzene rings is 1. The highest BCUT2D eigenvalue weighted by molar-refractivity contribution is 6.35. The summed E-state index contributed by atoms with van der Waals surface area (Å²) >= 11 is 12.0. The number of halogens is 2. The average molecular weight is 270 g/mol. The Morgan fingerprint density at radius 2 is 2.18 bits per heavy atom. The van der Waals surface area contributed by atoms with E-state index >= 15 is 0 Å². The van der Waals surface area contributed by atoms with Gasteiger partial charge in [-0.1, -0.05) is 41.4 Å². The van der Waals surface area contributed by atoms with Crippen LogP contribution in [0.2, 0.25) is 10.0 Å². The highest BCUT2D eigenvalue weighted by Gasteiger charge is 2.07. The zero-order chi connectivity index (χ0) is 12.1. The van der Waals surface area contributed by atoms with Gasteiger partial charge in [-0.2, -0.15) is 0 Å². The van der Waals surface area contributed by atoms with Crippen LogP contribution in [-0.2, 0) is 6.42 Å². The maximum absolute atomic E-state index is 6.12. The first-order valence-corrected chi connectivity index (χ1v) is 6.85. The summed E-state index contributed by atoms with van der Waals surface area (Å²) < 4.78 is 0. The van der Waals surface area contributed by atoms with Gasteiger partial charge in [-0.3, -0.25) is 0 Å². The minimum atomic E-state index is 0.537. The maximum Gasteiger partial charge on any atom is 0.0453 e. The van der Waals surface area contributed by atoms with Crippen LogP contribution in [0.25, 0.3) is 0 Å². The first-order chi connectivity index (χ1) is 8.25. The standard InChI is InChI=1S/C14H17Cl2N/c15-12-7-6-11(14(16)10-12)8-9-17-13-4-2-1-3-5-13/h2,4,6-7,10,13,17H,1,3,5,8-9H2. The van der Waals surface area contributed by atoms with Crippen molar-refractivity contribution in [3.8, 4) is 0 Å². The quantitative estimate of drug-likeness (QED) is 0.807. The van der Waals surface area contributed by atoms with Crippen LogP contribution in [0.5, 0.6) is 0 Å². The molecule has 0 radical (unpaired) electrons. The minimum absolute atomic E-state index is 0.537. The molecule has 0 bridgehead atoms. The molecule has 1 atom stereocenters. The summed E-state index contributed by atoms with van der Waals surface area (Å²) in [5.74, 6) is 0. The lowest BCUT2D eigenvalue weighted by Crippen LogP contribution is -2.30. The van der Waals surface area contributed by atoms with Gasteiger partial charge in [-0.25, -0.2) is 0 Å². The summed E-state index contributed by atoms with van der Waals surface area (Å²) in [6, 6.07) is 6.24. The SMILES string of the molecule is Clc1ccc(CCNC2C=CCCC2)c(Cl)c1. The fourth-order valence-corrected chi connectivity index (χ4v) is 2.60. The molecule has 0 saturated carbocycles.